The lowest BCUT2D eigenvalue weighted by Crippen LogP contribution is -2.17. The fourth-order valence-corrected chi connectivity index (χ4v) is 1.95. The van der Waals surface area contributed by atoms with Crippen LogP contribution in [0.15, 0.2) is 34.8 Å². The van der Waals surface area contributed by atoms with Crippen LogP contribution in [-0.2, 0) is 0 Å². The third-order valence-electron chi connectivity index (χ3n) is 2.39. The van der Waals surface area contributed by atoms with Gasteiger partial charge in [-0.1, -0.05) is 0 Å². The molecule has 0 radical (unpaired) electrons. The molecule has 0 aliphatic rings. The van der Waals surface area contributed by atoms with E-state index in [4.69, 9.17) is 11.5 Å². The topological polar surface area (TPSA) is 86.2 Å². The van der Waals surface area contributed by atoms with Gasteiger partial charge in [0.25, 0.3) is 0 Å². The molecule has 21 heavy (non-hydrogen) atoms. The normalized spacial score (nSPS) is 11.2. The Morgan fingerprint density at radius 1 is 1.14 bits per heavy atom. The molecule has 2 aromatic rings. The van der Waals surface area contributed by atoms with Gasteiger partial charge < -0.3 is 21.5 Å². The summed E-state index contributed by atoms with van der Waals surface area (Å²) in [4.78, 5) is 3.99. The number of nitrogens with zero attached hydrogens (tertiary/aromatic N) is 1. The van der Waals surface area contributed by atoms with Gasteiger partial charge in [0.2, 0.25) is 0 Å². The third kappa shape index (κ3) is 4.15. The van der Waals surface area contributed by atoms with Crippen LogP contribution in [0.3, 0.4) is 0 Å². The van der Waals surface area contributed by atoms with E-state index in [1.807, 2.05) is 0 Å². The van der Waals surface area contributed by atoms with Crippen LogP contribution in [0, 0.1) is 0 Å². The summed E-state index contributed by atoms with van der Waals surface area (Å²) in [6.07, 6.45) is -4.75. The number of hydrogen-bond acceptors (Lipinski definition) is 5. The van der Waals surface area contributed by atoms with Crippen molar-refractivity contribution in [1.29, 1.82) is 0 Å². The quantitative estimate of drug-likeness (QED) is 0.775. The van der Waals surface area contributed by atoms with E-state index >= 15 is 0 Å². The fourth-order valence-electron chi connectivity index (χ4n) is 1.49. The number of benzene rings is 1. The molecule has 1 aromatic carbocycles. The molecule has 0 saturated heterocycles. The first-order valence-corrected chi connectivity index (χ1v) is 6.38. The summed E-state index contributed by atoms with van der Waals surface area (Å²) in [6.45, 7) is 0. The maximum atomic E-state index is 12.2. The molecule has 0 atom stereocenters. The molecule has 1 heterocycles. The highest BCUT2D eigenvalue weighted by Crippen LogP contribution is 2.33. The maximum absolute atomic E-state index is 12.2. The van der Waals surface area contributed by atoms with Gasteiger partial charge in [0.05, 0.1) is 10.2 Å². The number of halogens is 4. The van der Waals surface area contributed by atoms with Crippen molar-refractivity contribution in [3.63, 3.8) is 0 Å². The zero-order valence-corrected chi connectivity index (χ0v) is 12.0. The van der Waals surface area contributed by atoms with Gasteiger partial charge in [-0.15, -0.1) is 13.2 Å². The second kappa shape index (κ2) is 5.68. The zero-order valence-electron chi connectivity index (χ0n) is 10.4. The molecule has 1 aromatic heterocycles. The Balaban J connectivity index is 2.18. The van der Waals surface area contributed by atoms with Crippen LogP contribution in [0.25, 0.3) is 0 Å². The van der Waals surface area contributed by atoms with Gasteiger partial charge in [-0.05, 0) is 46.3 Å². The van der Waals surface area contributed by atoms with E-state index in [9.17, 15) is 13.2 Å². The minimum atomic E-state index is -4.75. The smallest absolute Gasteiger partial charge is 0.405 e. The Bertz CT molecular complexity index is 663. The van der Waals surface area contributed by atoms with E-state index < -0.39 is 6.36 Å². The van der Waals surface area contributed by atoms with Gasteiger partial charge in [-0.2, -0.15) is 0 Å². The van der Waals surface area contributed by atoms with Crippen LogP contribution < -0.4 is 21.5 Å². The van der Waals surface area contributed by atoms with Crippen LogP contribution >= 0.6 is 15.9 Å². The molecule has 0 bridgehead atoms. The zero-order chi connectivity index (χ0) is 15.6. The second-order valence-electron chi connectivity index (χ2n) is 3.99. The maximum Gasteiger partial charge on any atom is 0.573 e. The summed E-state index contributed by atoms with van der Waals surface area (Å²) in [6, 6.07) is 7.19. The number of nitrogen functional groups attached to an aromatic ring is 2. The summed E-state index contributed by atoms with van der Waals surface area (Å²) in [5, 5.41) is 2.89. The molecule has 112 valence electrons. The van der Waals surface area contributed by atoms with Gasteiger partial charge in [0, 0.05) is 5.69 Å². The highest BCUT2D eigenvalue weighted by molar-refractivity contribution is 9.10. The number of hydrogen-bond donors (Lipinski definition) is 3. The molecule has 0 saturated carbocycles. The molecule has 0 unspecified atom stereocenters. The lowest BCUT2D eigenvalue weighted by atomic mass is 10.3. The van der Waals surface area contributed by atoms with E-state index in [0.29, 0.717) is 17.2 Å². The van der Waals surface area contributed by atoms with Gasteiger partial charge in [0.15, 0.2) is 0 Å². The molecule has 0 amide bonds. The number of alkyl halides is 3. The average Bonchev–Trinajstić information content (AvgIpc) is 2.36. The van der Waals surface area contributed by atoms with Crippen LogP contribution in [0.2, 0.25) is 0 Å². The minimum absolute atomic E-state index is 0.147. The number of nitrogens with one attached hydrogen (secondary N) is 1. The van der Waals surface area contributed by atoms with Crippen molar-refractivity contribution in [2.75, 3.05) is 16.8 Å². The van der Waals surface area contributed by atoms with Crippen LogP contribution in [0.1, 0.15) is 0 Å². The van der Waals surface area contributed by atoms with E-state index in [1.54, 1.807) is 12.1 Å². The van der Waals surface area contributed by atoms with E-state index in [-0.39, 0.29) is 16.0 Å². The third-order valence-corrected chi connectivity index (χ3v) is 3.01. The first-order chi connectivity index (χ1) is 9.74. The van der Waals surface area contributed by atoms with Crippen molar-refractivity contribution in [3.8, 4) is 5.75 Å². The number of ether oxygens (including phenoxy) is 1. The van der Waals surface area contributed by atoms with Gasteiger partial charge in [-0.3, -0.25) is 0 Å². The average molecular weight is 363 g/mol. The molecule has 0 fully saturated rings. The lowest BCUT2D eigenvalue weighted by molar-refractivity contribution is -0.274. The number of nitrogens with two attached hydrogens (primary N) is 2. The highest BCUT2D eigenvalue weighted by atomic mass is 79.9. The van der Waals surface area contributed by atoms with Crippen LogP contribution in [-0.4, -0.2) is 11.3 Å². The fraction of sp³-hybridized carbons (Fsp3) is 0.0833. The van der Waals surface area contributed by atoms with Crippen LogP contribution in [0.5, 0.6) is 5.75 Å². The van der Waals surface area contributed by atoms with Gasteiger partial charge in [0.1, 0.15) is 17.4 Å². The van der Waals surface area contributed by atoms with Gasteiger partial charge in [-0.25, -0.2) is 4.98 Å². The second-order valence-corrected chi connectivity index (χ2v) is 4.84. The molecular formula is C12H10BrF3N4O. The van der Waals surface area contributed by atoms with Crippen LogP contribution in [0.4, 0.5) is 36.2 Å². The standard InChI is InChI=1S/C12H10BrF3N4O/c13-7-5-6(1-3-9(7)21-12(14,15)16)19-10-4-2-8(17)11(18)20-10/h1-5H,17H2,(H3,18,19,20). The number of pyridine rings is 1. The molecule has 5 nitrogen and oxygen atoms in total. The van der Waals surface area contributed by atoms with Crippen molar-refractivity contribution in [2.24, 2.45) is 0 Å². The lowest BCUT2D eigenvalue weighted by Gasteiger charge is -2.12. The van der Waals surface area contributed by atoms with Crippen molar-refractivity contribution in [2.45, 2.75) is 6.36 Å². The van der Waals surface area contributed by atoms with Crippen molar-refractivity contribution >= 4 is 38.9 Å². The summed E-state index contributed by atoms with van der Waals surface area (Å²) in [7, 11) is 0. The molecule has 2 rings (SSSR count). The van der Waals surface area contributed by atoms with Gasteiger partial charge >= 0.3 is 6.36 Å². The SMILES string of the molecule is Nc1ccc(Nc2ccc(OC(F)(F)F)c(Br)c2)nc1N. The largest absolute Gasteiger partial charge is 0.573 e. The molecule has 5 N–H and O–H groups in total. The molecule has 0 aliphatic heterocycles. The van der Waals surface area contributed by atoms with E-state index in [0.717, 1.165) is 0 Å². The highest BCUT2D eigenvalue weighted by Gasteiger charge is 2.31. The Morgan fingerprint density at radius 2 is 1.86 bits per heavy atom. The van der Waals surface area contributed by atoms with Crippen molar-refractivity contribution in [3.05, 3.63) is 34.8 Å². The Labute approximate surface area is 126 Å². The number of anilines is 4. The van der Waals surface area contributed by atoms with E-state index in [2.05, 4.69) is 31.0 Å². The van der Waals surface area contributed by atoms with Crippen molar-refractivity contribution in [1.82, 2.24) is 4.98 Å². The number of rotatable bonds is 3. The summed E-state index contributed by atoms with van der Waals surface area (Å²) >= 11 is 3.01. The predicted octanol–water partition coefficient (Wildman–Crippen LogP) is 3.65. The number of aromatic nitrogens is 1. The monoisotopic (exact) mass is 362 g/mol. The van der Waals surface area contributed by atoms with Crippen molar-refractivity contribution < 1.29 is 17.9 Å². The summed E-state index contributed by atoms with van der Waals surface area (Å²) < 4.78 is 40.5. The van der Waals surface area contributed by atoms with E-state index in [1.165, 1.54) is 18.2 Å². The Hall–Kier alpha value is -2.16. The minimum Gasteiger partial charge on any atom is -0.405 e. The first-order valence-electron chi connectivity index (χ1n) is 5.59. The molecule has 0 aliphatic carbocycles. The first kappa shape index (κ1) is 15.2. The molecular weight excluding hydrogens is 353 g/mol. The predicted molar refractivity (Wildman–Crippen MR) is 77.2 cm³/mol. The Morgan fingerprint density at radius 3 is 2.43 bits per heavy atom. The summed E-state index contributed by atoms with van der Waals surface area (Å²) in [5.41, 5.74) is 12.0. The Kier molecular flexibility index (Phi) is 4.12. The summed E-state index contributed by atoms with van der Waals surface area (Å²) in [5.74, 6) is 0.243. The molecule has 0 spiro atoms. The molecule has 9 heteroatoms.